The van der Waals surface area contributed by atoms with Crippen molar-refractivity contribution in [3.63, 3.8) is 0 Å². The van der Waals surface area contributed by atoms with Crippen LogP contribution in [0.1, 0.15) is 34.7 Å². The first-order valence-corrected chi connectivity index (χ1v) is 10.0. The summed E-state index contributed by atoms with van der Waals surface area (Å²) in [4.78, 5) is 12.5. The number of alkyl halides is 3. The fourth-order valence-electron chi connectivity index (χ4n) is 2.70. The van der Waals surface area contributed by atoms with Crippen molar-refractivity contribution in [3.05, 3.63) is 83.6 Å². The fraction of sp³-hybridized carbons (Fsp3) is 0.174. The molecular formula is C23H17F3N6O2. The van der Waals surface area contributed by atoms with Gasteiger partial charge in [-0.25, -0.2) is 15.0 Å². The van der Waals surface area contributed by atoms with Crippen LogP contribution in [-0.2, 0) is 19.3 Å². The summed E-state index contributed by atoms with van der Waals surface area (Å²) in [6.45, 7) is 0.731. The lowest BCUT2D eigenvalue weighted by atomic mass is 10.1. The lowest BCUT2D eigenvalue weighted by Crippen LogP contribution is -2.03. The highest BCUT2D eigenvalue weighted by atomic mass is 19.4. The number of nitrogens with zero attached hydrogens (tertiary/aromatic N) is 6. The largest absolute Gasteiger partial charge is 0.457 e. The minimum atomic E-state index is -4.36. The monoisotopic (exact) mass is 466 g/mol. The van der Waals surface area contributed by atoms with E-state index in [0.717, 1.165) is 12.1 Å². The van der Waals surface area contributed by atoms with Crippen LogP contribution in [0, 0.1) is 11.8 Å². The summed E-state index contributed by atoms with van der Waals surface area (Å²) < 4.78 is 50.4. The van der Waals surface area contributed by atoms with E-state index in [1.807, 2.05) is 0 Å². The normalized spacial score (nSPS) is 11.4. The van der Waals surface area contributed by atoms with Gasteiger partial charge in [0.25, 0.3) is 0 Å². The molecule has 0 atom stereocenters. The van der Waals surface area contributed by atoms with Crippen molar-refractivity contribution in [1.29, 1.82) is 0 Å². The molecule has 11 heteroatoms. The van der Waals surface area contributed by atoms with E-state index in [2.05, 4.69) is 37.1 Å². The Balaban J connectivity index is 1.25. The lowest BCUT2D eigenvalue weighted by molar-refractivity contribution is -0.137. The molecule has 0 spiro atoms. The van der Waals surface area contributed by atoms with Gasteiger partial charge in [-0.1, -0.05) is 29.2 Å². The topological polar surface area (TPSA) is 91.8 Å². The number of aromatic nitrogens is 6. The molecule has 0 fully saturated rings. The Labute approximate surface area is 192 Å². The fourth-order valence-corrected chi connectivity index (χ4v) is 2.70. The smallest absolute Gasteiger partial charge is 0.416 e. The maximum atomic E-state index is 12.6. The van der Waals surface area contributed by atoms with Crippen molar-refractivity contribution in [2.45, 2.75) is 25.7 Å². The van der Waals surface area contributed by atoms with Crippen molar-refractivity contribution in [2.24, 2.45) is 0 Å². The van der Waals surface area contributed by atoms with Crippen LogP contribution in [0.25, 0.3) is 12.2 Å². The predicted molar refractivity (Wildman–Crippen MR) is 115 cm³/mol. The standard InChI is InChI=1S/C23H17F3N6O2/c24-23(25,26)19-7-4-17(5-8-19)6-9-21-30-20(15-33-21)16-34-22-27-13-18(14-28-22)3-1-2-11-32-12-10-29-31-32/h4-10,12-15H,2,11,16H2. The van der Waals surface area contributed by atoms with E-state index in [1.54, 1.807) is 41.6 Å². The molecular weight excluding hydrogens is 449 g/mol. The molecule has 0 saturated carbocycles. The summed E-state index contributed by atoms with van der Waals surface area (Å²) in [5.41, 5.74) is 1.04. The van der Waals surface area contributed by atoms with Gasteiger partial charge in [0.15, 0.2) is 0 Å². The van der Waals surface area contributed by atoms with Crippen LogP contribution in [0.4, 0.5) is 13.2 Å². The first-order valence-electron chi connectivity index (χ1n) is 10.0. The van der Waals surface area contributed by atoms with Crippen LogP contribution in [0.3, 0.4) is 0 Å². The Morgan fingerprint density at radius 2 is 1.88 bits per heavy atom. The third-order valence-corrected chi connectivity index (χ3v) is 4.37. The Morgan fingerprint density at radius 3 is 2.59 bits per heavy atom. The minimum Gasteiger partial charge on any atom is -0.457 e. The molecule has 0 aliphatic heterocycles. The summed E-state index contributed by atoms with van der Waals surface area (Å²) in [6.07, 6.45) is 7.33. The molecule has 3 aromatic heterocycles. The maximum Gasteiger partial charge on any atom is 0.416 e. The maximum absolute atomic E-state index is 12.6. The molecule has 4 rings (SSSR count). The van der Waals surface area contributed by atoms with Crippen molar-refractivity contribution >= 4 is 12.2 Å². The molecule has 0 saturated heterocycles. The van der Waals surface area contributed by atoms with Crippen LogP contribution >= 0.6 is 0 Å². The van der Waals surface area contributed by atoms with Crippen LogP contribution in [0.5, 0.6) is 6.01 Å². The molecule has 172 valence electrons. The van der Waals surface area contributed by atoms with Gasteiger partial charge in [0, 0.05) is 31.1 Å². The first-order chi connectivity index (χ1) is 16.5. The minimum absolute atomic E-state index is 0.0839. The zero-order valence-corrected chi connectivity index (χ0v) is 17.6. The van der Waals surface area contributed by atoms with Gasteiger partial charge >= 0.3 is 12.2 Å². The van der Waals surface area contributed by atoms with Gasteiger partial charge in [-0.2, -0.15) is 13.2 Å². The number of aryl methyl sites for hydroxylation is 1. The number of hydrogen-bond acceptors (Lipinski definition) is 7. The Hall–Kier alpha value is -4.46. The summed E-state index contributed by atoms with van der Waals surface area (Å²) in [5, 5.41) is 7.59. The third kappa shape index (κ3) is 6.52. The van der Waals surface area contributed by atoms with Gasteiger partial charge in [0.2, 0.25) is 5.89 Å². The van der Waals surface area contributed by atoms with Crippen molar-refractivity contribution in [1.82, 2.24) is 29.9 Å². The summed E-state index contributed by atoms with van der Waals surface area (Å²) in [7, 11) is 0. The Kier molecular flexibility index (Phi) is 6.98. The highest BCUT2D eigenvalue weighted by molar-refractivity contribution is 5.66. The van der Waals surface area contributed by atoms with Crippen LogP contribution < -0.4 is 4.74 Å². The quantitative estimate of drug-likeness (QED) is 0.376. The van der Waals surface area contributed by atoms with Gasteiger partial charge in [-0.05, 0) is 23.8 Å². The molecule has 8 nitrogen and oxygen atoms in total. The van der Waals surface area contributed by atoms with Crippen molar-refractivity contribution in [2.75, 3.05) is 0 Å². The van der Waals surface area contributed by atoms with Crippen molar-refractivity contribution < 1.29 is 22.3 Å². The van der Waals surface area contributed by atoms with E-state index >= 15 is 0 Å². The van der Waals surface area contributed by atoms with Gasteiger partial charge in [-0.3, -0.25) is 4.68 Å². The van der Waals surface area contributed by atoms with Crippen molar-refractivity contribution in [3.8, 4) is 17.9 Å². The molecule has 34 heavy (non-hydrogen) atoms. The number of oxazole rings is 1. The number of halogens is 3. The SMILES string of the molecule is FC(F)(F)c1ccc(C=Cc2nc(COc3ncc(C#CCCn4ccnn4)cn3)co2)cc1. The van der Waals surface area contributed by atoms with E-state index < -0.39 is 11.7 Å². The molecule has 0 unspecified atom stereocenters. The number of ether oxygens (including phenoxy) is 1. The van der Waals surface area contributed by atoms with E-state index in [9.17, 15) is 13.2 Å². The van der Waals surface area contributed by atoms with Crippen LogP contribution in [-0.4, -0.2) is 29.9 Å². The summed E-state index contributed by atoms with van der Waals surface area (Å²) >= 11 is 0. The van der Waals surface area contributed by atoms with Crippen LogP contribution in [0.15, 0.2) is 59.7 Å². The molecule has 0 radical (unpaired) electrons. The van der Waals surface area contributed by atoms with E-state index in [-0.39, 0.29) is 18.5 Å². The predicted octanol–water partition coefficient (Wildman–Crippen LogP) is 4.27. The van der Waals surface area contributed by atoms with E-state index in [0.29, 0.717) is 29.8 Å². The summed E-state index contributed by atoms with van der Waals surface area (Å²) in [5.74, 6) is 6.27. The highest BCUT2D eigenvalue weighted by Gasteiger charge is 2.29. The van der Waals surface area contributed by atoms with Gasteiger partial charge in [0.1, 0.15) is 18.6 Å². The number of rotatable bonds is 7. The molecule has 0 bridgehead atoms. The Morgan fingerprint density at radius 1 is 1.09 bits per heavy atom. The van der Waals surface area contributed by atoms with E-state index in [1.165, 1.54) is 18.4 Å². The first kappa shape index (κ1) is 22.7. The summed E-state index contributed by atoms with van der Waals surface area (Å²) in [6, 6.07) is 4.94. The lowest BCUT2D eigenvalue weighted by Gasteiger charge is -2.05. The molecule has 0 N–H and O–H groups in total. The number of benzene rings is 1. The third-order valence-electron chi connectivity index (χ3n) is 4.37. The van der Waals surface area contributed by atoms with Gasteiger partial charge in [0.05, 0.1) is 23.9 Å². The average Bonchev–Trinajstić information content (AvgIpc) is 3.52. The second-order valence-electron chi connectivity index (χ2n) is 6.89. The van der Waals surface area contributed by atoms with Gasteiger partial charge < -0.3 is 9.15 Å². The Bertz CT molecular complexity index is 1290. The molecule has 1 aromatic carbocycles. The highest BCUT2D eigenvalue weighted by Crippen LogP contribution is 2.29. The average molecular weight is 466 g/mol. The molecule has 4 aromatic rings. The molecule has 0 aliphatic carbocycles. The van der Waals surface area contributed by atoms with Crippen LogP contribution in [0.2, 0.25) is 0 Å². The second kappa shape index (κ2) is 10.4. The van der Waals surface area contributed by atoms with E-state index in [4.69, 9.17) is 9.15 Å². The molecule has 3 heterocycles. The molecule has 0 aliphatic rings. The zero-order valence-electron chi connectivity index (χ0n) is 17.6. The molecule has 0 amide bonds. The second-order valence-corrected chi connectivity index (χ2v) is 6.89. The van der Waals surface area contributed by atoms with Gasteiger partial charge in [-0.15, -0.1) is 5.10 Å². The zero-order chi connectivity index (χ0) is 23.8. The number of hydrogen-bond donors (Lipinski definition) is 0.